The number of unbranched alkanes of at least 4 members (excludes halogenated alkanes) is 2. The van der Waals surface area contributed by atoms with E-state index in [2.05, 4.69) is 22.9 Å². The molecule has 0 bridgehead atoms. The maximum Gasteiger partial charge on any atom is 0.00313 e. The van der Waals surface area contributed by atoms with Gasteiger partial charge < -0.3 is 0 Å². The van der Waals surface area contributed by atoms with Gasteiger partial charge in [-0.2, -0.15) is 0 Å². The Morgan fingerprint density at radius 1 is 1.29 bits per heavy atom. The second-order valence-electron chi connectivity index (χ2n) is 1.40. The maximum absolute atomic E-state index is 3.35. The third-order valence-corrected chi connectivity index (χ3v) is 1.30. The van der Waals surface area contributed by atoms with Crippen LogP contribution in [0.25, 0.3) is 0 Å². The van der Waals surface area contributed by atoms with Crippen LogP contribution in [0, 0.1) is 0 Å². The molecule has 0 amide bonds. The van der Waals surface area contributed by atoms with Crippen LogP contribution in [-0.2, 0) is 19.5 Å². The third-order valence-electron chi connectivity index (χ3n) is 0.737. The molecular weight excluding hydrogens is 205 g/mol. The van der Waals surface area contributed by atoms with Crippen molar-refractivity contribution >= 4 is 15.9 Å². The third kappa shape index (κ3) is 11.0. The molecule has 0 N–H and O–H groups in total. The Morgan fingerprint density at radius 2 is 1.86 bits per heavy atom. The van der Waals surface area contributed by atoms with Gasteiger partial charge in [-0.25, -0.2) is 0 Å². The smallest absolute Gasteiger partial charge is 0.00313 e. The average Bonchev–Trinajstić information content (AvgIpc) is 1.61. The van der Waals surface area contributed by atoms with Gasteiger partial charge in [0.1, 0.15) is 0 Å². The first-order valence-corrected chi connectivity index (χ1v) is 3.60. The molecule has 0 fully saturated rings. The first-order valence-electron chi connectivity index (χ1n) is 2.47. The van der Waals surface area contributed by atoms with Crippen LogP contribution in [-0.4, -0.2) is 5.33 Å². The molecule has 2 heteroatoms. The second-order valence-corrected chi connectivity index (χ2v) is 2.19. The van der Waals surface area contributed by atoms with Crippen molar-refractivity contribution in [1.29, 1.82) is 0 Å². The standard InChI is InChI=1S/C5H11Br.Zn/c1-2-3-4-5-6;/h2-5H2,1H3;. The molecule has 7 heavy (non-hydrogen) atoms. The maximum atomic E-state index is 3.35. The van der Waals surface area contributed by atoms with Crippen LogP contribution in [0.15, 0.2) is 0 Å². The molecule has 0 spiro atoms. The second kappa shape index (κ2) is 10.2. The summed E-state index contributed by atoms with van der Waals surface area (Å²) < 4.78 is 0. The van der Waals surface area contributed by atoms with Crippen LogP contribution in [0.2, 0.25) is 0 Å². The molecule has 0 saturated carbocycles. The van der Waals surface area contributed by atoms with E-state index in [1.54, 1.807) is 0 Å². The quantitative estimate of drug-likeness (QED) is 0.386. The van der Waals surface area contributed by atoms with Crippen LogP contribution in [0.4, 0.5) is 0 Å². The Balaban J connectivity index is 0. The van der Waals surface area contributed by atoms with E-state index >= 15 is 0 Å². The summed E-state index contributed by atoms with van der Waals surface area (Å²) in [6.45, 7) is 2.21. The SMILES string of the molecule is CCCCCBr.[Zn]. The van der Waals surface area contributed by atoms with E-state index in [0.717, 1.165) is 0 Å². The number of rotatable bonds is 3. The van der Waals surface area contributed by atoms with Crippen molar-refractivity contribution in [3.63, 3.8) is 0 Å². The Morgan fingerprint density at radius 3 is 2.00 bits per heavy atom. The van der Waals surface area contributed by atoms with Gasteiger partial charge in [0.05, 0.1) is 0 Å². The molecule has 0 saturated heterocycles. The summed E-state index contributed by atoms with van der Waals surface area (Å²) in [5, 5.41) is 1.17. The zero-order chi connectivity index (χ0) is 4.83. The van der Waals surface area contributed by atoms with Gasteiger partial charge in [0, 0.05) is 24.8 Å². The molecule has 0 aliphatic rings. The van der Waals surface area contributed by atoms with Gasteiger partial charge in [0.25, 0.3) is 0 Å². The minimum absolute atomic E-state index is 0. The predicted molar refractivity (Wildman–Crippen MR) is 33.3 cm³/mol. The largest absolute Gasteiger partial charge is 0.0928 e. The summed E-state index contributed by atoms with van der Waals surface area (Å²) in [6.07, 6.45) is 4.02. The predicted octanol–water partition coefficient (Wildman–Crippen LogP) is 2.57. The van der Waals surface area contributed by atoms with Crippen LogP contribution >= 0.6 is 15.9 Å². The van der Waals surface area contributed by atoms with E-state index in [-0.39, 0.29) is 19.5 Å². The summed E-state index contributed by atoms with van der Waals surface area (Å²) in [6, 6.07) is 0. The fourth-order valence-corrected chi connectivity index (χ4v) is 0.741. The molecule has 0 nitrogen and oxygen atoms in total. The molecule has 40 valence electrons. The van der Waals surface area contributed by atoms with Crippen molar-refractivity contribution in [2.75, 3.05) is 5.33 Å². The van der Waals surface area contributed by atoms with E-state index in [1.165, 1.54) is 24.6 Å². The van der Waals surface area contributed by atoms with E-state index in [1.807, 2.05) is 0 Å². The minimum Gasteiger partial charge on any atom is -0.0928 e. The Hall–Kier alpha value is 1.10. The van der Waals surface area contributed by atoms with Gasteiger partial charge in [-0.3, -0.25) is 0 Å². The molecule has 0 unspecified atom stereocenters. The molecule has 0 aromatic carbocycles. The van der Waals surface area contributed by atoms with Crippen LogP contribution in [0.3, 0.4) is 0 Å². The summed E-state index contributed by atoms with van der Waals surface area (Å²) in [4.78, 5) is 0. The van der Waals surface area contributed by atoms with Crippen molar-refractivity contribution in [2.24, 2.45) is 0 Å². The first kappa shape index (κ1) is 11.0. The van der Waals surface area contributed by atoms with Gasteiger partial charge in [-0.1, -0.05) is 35.7 Å². The van der Waals surface area contributed by atoms with Crippen molar-refractivity contribution in [2.45, 2.75) is 26.2 Å². The Bertz CT molecular complexity index is 20.0. The monoisotopic (exact) mass is 214 g/mol. The average molecular weight is 216 g/mol. The van der Waals surface area contributed by atoms with E-state index in [0.29, 0.717) is 0 Å². The number of hydrogen-bond acceptors (Lipinski definition) is 0. The van der Waals surface area contributed by atoms with Crippen molar-refractivity contribution in [1.82, 2.24) is 0 Å². The summed E-state index contributed by atoms with van der Waals surface area (Å²) in [5.74, 6) is 0. The first-order chi connectivity index (χ1) is 2.91. The molecule has 0 aromatic rings. The van der Waals surface area contributed by atoms with E-state index < -0.39 is 0 Å². The van der Waals surface area contributed by atoms with E-state index in [9.17, 15) is 0 Å². The van der Waals surface area contributed by atoms with Crippen molar-refractivity contribution in [3.05, 3.63) is 0 Å². The van der Waals surface area contributed by atoms with Gasteiger partial charge >= 0.3 is 0 Å². The topological polar surface area (TPSA) is 0 Å². The Labute approximate surface area is 66.9 Å². The molecule has 0 aliphatic heterocycles. The van der Waals surface area contributed by atoms with Crippen LogP contribution in [0.5, 0.6) is 0 Å². The van der Waals surface area contributed by atoms with Gasteiger partial charge in [-0.15, -0.1) is 0 Å². The molecular formula is C5H11BrZn. The Kier molecular flexibility index (Phi) is 15.9. The normalized spacial score (nSPS) is 7.71. The fraction of sp³-hybridized carbons (Fsp3) is 1.00. The molecule has 0 radical (unpaired) electrons. The van der Waals surface area contributed by atoms with Crippen molar-refractivity contribution < 1.29 is 19.5 Å². The van der Waals surface area contributed by atoms with Gasteiger partial charge in [0.15, 0.2) is 0 Å². The molecule has 0 aromatic heterocycles. The van der Waals surface area contributed by atoms with E-state index in [4.69, 9.17) is 0 Å². The van der Waals surface area contributed by atoms with Crippen LogP contribution < -0.4 is 0 Å². The zero-order valence-electron chi connectivity index (χ0n) is 4.91. The zero-order valence-corrected chi connectivity index (χ0v) is 9.47. The number of halogens is 1. The molecule has 0 atom stereocenters. The number of hydrogen-bond donors (Lipinski definition) is 0. The van der Waals surface area contributed by atoms with Gasteiger partial charge in [-0.05, 0) is 6.42 Å². The fourth-order valence-electron chi connectivity index (χ4n) is 0.344. The number of alkyl halides is 1. The molecule has 0 rings (SSSR count). The van der Waals surface area contributed by atoms with Gasteiger partial charge in [0.2, 0.25) is 0 Å². The summed E-state index contributed by atoms with van der Waals surface area (Å²) in [5.41, 5.74) is 0. The van der Waals surface area contributed by atoms with Crippen LogP contribution in [0.1, 0.15) is 26.2 Å². The molecule has 0 heterocycles. The molecule has 0 aliphatic carbocycles. The minimum atomic E-state index is 0. The summed E-state index contributed by atoms with van der Waals surface area (Å²) in [7, 11) is 0. The van der Waals surface area contributed by atoms with Crippen molar-refractivity contribution in [3.8, 4) is 0 Å². The summed E-state index contributed by atoms with van der Waals surface area (Å²) >= 11 is 3.35.